The Kier molecular flexibility index (Phi) is 6.91. The molecule has 2 atom stereocenters. The van der Waals surface area contributed by atoms with Crippen molar-refractivity contribution in [1.82, 2.24) is 29.6 Å². The number of carbonyl (C=O) groups is 3. The summed E-state index contributed by atoms with van der Waals surface area (Å²) in [5.74, 6) is -1.16. The molecule has 41 heavy (non-hydrogen) atoms. The number of alkyl halides is 1. The van der Waals surface area contributed by atoms with Crippen LogP contribution in [0.2, 0.25) is 5.02 Å². The molecule has 4 heterocycles. The molecule has 11 nitrogen and oxygen atoms in total. The summed E-state index contributed by atoms with van der Waals surface area (Å²) in [6.45, 7) is -0.594. The number of nitrogens with one attached hydrogen (secondary N) is 2. The quantitative estimate of drug-likeness (QED) is 0.238. The lowest BCUT2D eigenvalue weighted by Gasteiger charge is -2.23. The molecule has 0 radical (unpaired) electrons. The number of aromatic amines is 1. The number of primary amides is 1. The minimum absolute atomic E-state index is 0.0711. The van der Waals surface area contributed by atoms with Gasteiger partial charge in [0.05, 0.1) is 17.6 Å². The van der Waals surface area contributed by atoms with Crippen LogP contribution >= 0.6 is 27.5 Å². The second-order valence-corrected chi connectivity index (χ2v) is 10.8. The Morgan fingerprint density at radius 3 is 2.68 bits per heavy atom. The highest BCUT2D eigenvalue weighted by Crippen LogP contribution is 2.30. The van der Waals surface area contributed by atoms with Gasteiger partial charge >= 0.3 is 0 Å². The molecule has 1 aliphatic rings. The van der Waals surface area contributed by atoms with Crippen LogP contribution in [0.3, 0.4) is 0 Å². The smallest absolute Gasteiger partial charge is 0.267 e. The number of imidazole rings is 1. The van der Waals surface area contributed by atoms with E-state index in [1.165, 1.54) is 9.58 Å². The van der Waals surface area contributed by atoms with Crippen molar-refractivity contribution in [3.05, 3.63) is 69.9 Å². The first-order valence-electron chi connectivity index (χ1n) is 12.5. The molecule has 2 aromatic carbocycles. The lowest BCUT2D eigenvalue weighted by molar-refractivity contribution is -0.137. The van der Waals surface area contributed by atoms with Crippen molar-refractivity contribution in [2.45, 2.75) is 25.2 Å². The summed E-state index contributed by atoms with van der Waals surface area (Å²) in [6.07, 6.45) is -1.54. The molecule has 3 aromatic heterocycles. The molecule has 208 valence electrons. The van der Waals surface area contributed by atoms with Gasteiger partial charge in [-0.15, -0.1) is 0 Å². The van der Waals surface area contributed by atoms with Crippen LogP contribution in [-0.2, 0) is 16.1 Å². The Bertz CT molecular complexity index is 1860. The standard InChI is InChI=1S/C27H21BrClFN8O3/c28-19-5-2-6-20(33-19)34-27(41)18-10-15(30)11-37(18)21(39)12-38-24-16(22(36-38)25(31)40)7-8-17-23(24)35-26(32-17)13-3-1-4-14(29)9-13/h1-9,15,18,36H,10-12H2,(H2,31,40)(H,33,34,41). The Hall–Kier alpha value is -4.36. The van der Waals surface area contributed by atoms with E-state index >= 15 is 0 Å². The summed E-state index contributed by atoms with van der Waals surface area (Å²) in [4.78, 5) is 53.5. The molecule has 2 unspecified atom stereocenters. The largest absolute Gasteiger partial charge is 0.364 e. The van der Waals surface area contributed by atoms with Crippen LogP contribution in [0, 0.1) is 0 Å². The van der Waals surface area contributed by atoms with E-state index in [9.17, 15) is 18.8 Å². The molecule has 5 aromatic rings. The molecule has 0 spiro atoms. The number of benzene rings is 2. The predicted octanol–water partition coefficient (Wildman–Crippen LogP) is 4.07. The van der Waals surface area contributed by atoms with Gasteiger partial charge in [0.25, 0.3) is 5.91 Å². The van der Waals surface area contributed by atoms with Crippen LogP contribution in [0.5, 0.6) is 0 Å². The molecule has 0 aliphatic carbocycles. The number of amides is 3. The summed E-state index contributed by atoms with van der Waals surface area (Å²) in [5, 5.41) is 6.50. The maximum atomic E-state index is 14.5. The van der Waals surface area contributed by atoms with Crippen LogP contribution in [0.4, 0.5) is 10.2 Å². The van der Waals surface area contributed by atoms with E-state index in [0.29, 0.717) is 43.0 Å². The highest BCUT2D eigenvalue weighted by Gasteiger charge is 2.40. The second kappa shape index (κ2) is 10.6. The summed E-state index contributed by atoms with van der Waals surface area (Å²) in [7, 11) is 0. The molecule has 1 aliphatic heterocycles. The molecular formula is C27H21BrClFN8O3. The molecule has 1 fully saturated rings. The number of aromatic nitrogens is 5. The van der Waals surface area contributed by atoms with Gasteiger partial charge in [-0.2, -0.15) is 0 Å². The van der Waals surface area contributed by atoms with Gasteiger partial charge in [0.15, 0.2) is 5.82 Å². The van der Waals surface area contributed by atoms with Crippen molar-refractivity contribution in [1.29, 1.82) is 0 Å². The SMILES string of the molecule is NC(=O)c1[nH]n(CC(=O)N2CC(F)CC2C(=O)Nc2cccc(Br)n2)c2c1ccc1nc(-c3cccc(Cl)c3)nc12. The molecule has 1 saturated heterocycles. The fourth-order valence-electron chi connectivity index (χ4n) is 5.03. The Balaban J connectivity index is 1.35. The lowest BCUT2D eigenvalue weighted by Crippen LogP contribution is -2.44. The van der Waals surface area contributed by atoms with Crippen LogP contribution < -0.4 is 11.1 Å². The zero-order valence-corrected chi connectivity index (χ0v) is 23.5. The third kappa shape index (κ3) is 5.13. The number of halogens is 3. The van der Waals surface area contributed by atoms with Crippen molar-refractivity contribution in [2.75, 3.05) is 11.9 Å². The number of rotatable bonds is 6. The first kappa shape index (κ1) is 26.8. The molecular weight excluding hydrogens is 619 g/mol. The number of hydrogen-bond donors (Lipinski definition) is 3. The van der Waals surface area contributed by atoms with E-state index in [4.69, 9.17) is 17.3 Å². The lowest BCUT2D eigenvalue weighted by atomic mass is 10.1. The number of hydrogen-bond acceptors (Lipinski definition) is 6. The molecule has 4 N–H and O–H groups in total. The summed E-state index contributed by atoms with van der Waals surface area (Å²) >= 11 is 9.39. The topological polar surface area (TPSA) is 152 Å². The van der Waals surface area contributed by atoms with Gasteiger partial charge in [-0.1, -0.05) is 29.8 Å². The highest BCUT2D eigenvalue weighted by molar-refractivity contribution is 9.10. The molecule has 14 heteroatoms. The van der Waals surface area contributed by atoms with E-state index in [1.807, 2.05) is 6.07 Å². The van der Waals surface area contributed by atoms with Crippen molar-refractivity contribution in [2.24, 2.45) is 5.73 Å². The van der Waals surface area contributed by atoms with E-state index in [2.05, 4.69) is 41.3 Å². The Morgan fingerprint density at radius 2 is 1.93 bits per heavy atom. The van der Waals surface area contributed by atoms with Gasteiger partial charge in [0.1, 0.15) is 40.4 Å². The van der Waals surface area contributed by atoms with Gasteiger partial charge in [0, 0.05) is 22.4 Å². The maximum Gasteiger partial charge on any atom is 0.267 e. The van der Waals surface area contributed by atoms with Crippen LogP contribution in [0.25, 0.3) is 33.3 Å². The minimum atomic E-state index is -1.38. The number of carbonyl (C=O) groups excluding carboxylic acids is 3. The van der Waals surface area contributed by atoms with Crippen molar-refractivity contribution < 1.29 is 18.8 Å². The Labute approximate surface area is 245 Å². The summed E-state index contributed by atoms with van der Waals surface area (Å²) in [5.41, 5.74) is 7.75. The van der Waals surface area contributed by atoms with Crippen molar-refractivity contribution >= 4 is 73.0 Å². The predicted molar refractivity (Wildman–Crippen MR) is 154 cm³/mol. The van der Waals surface area contributed by atoms with E-state index in [0.717, 1.165) is 0 Å². The van der Waals surface area contributed by atoms with Gasteiger partial charge in [-0.3, -0.25) is 24.2 Å². The van der Waals surface area contributed by atoms with E-state index in [-0.39, 0.29) is 31.0 Å². The number of anilines is 1. The van der Waals surface area contributed by atoms with Crippen LogP contribution in [-0.4, -0.2) is 66.1 Å². The summed E-state index contributed by atoms with van der Waals surface area (Å²) in [6, 6.07) is 14.4. The fraction of sp³-hybridized carbons (Fsp3) is 0.185. The number of pyridine rings is 1. The van der Waals surface area contributed by atoms with Crippen LogP contribution in [0.15, 0.2) is 59.2 Å². The summed E-state index contributed by atoms with van der Waals surface area (Å²) < 4.78 is 16.5. The molecule has 6 rings (SSSR count). The zero-order valence-electron chi connectivity index (χ0n) is 21.1. The fourth-order valence-corrected chi connectivity index (χ4v) is 5.56. The number of nitrogens with zero attached hydrogens (tertiary/aromatic N) is 5. The molecule has 3 amide bonds. The van der Waals surface area contributed by atoms with Gasteiger partial charge in [0.2, 0.25) is 11.8 Å². The molecule has 0 saturated carbocycles. The Morgan fingerprint density at radius 1 is 1.12 bits per heavy atom. The average Bonchev–Trinajstić information content (AvgIpc) is 3.63. The van der Waals surface area contributed by atoms with Crippen LogP contribution in [0.1, 0.15) is 16.9 Å². The van der Waals surface area contributed by atoms with E-state index in [1.54, 1.807) is 48.5 Å². The van der Waals surface area contributed by atoms with Gasteiger partial charge in [-0.05, 0) is 52.3 Å². The number of H-pyrrole nitrogens is 1. The minimum Gasteiger partial charge on any atom is -0.364 e. The monoisotopic (exact) mass is 638 g/mol. The van der Waals surface area contributed by atoms with Gasteiger partial charge in [-0.25, -0.2) is 19.3 Å². The maximum absolute atomic E-state index is 14.5. The third-order valence-electron chi connectivity index (χ3n) is 6.82. The first-order chi connectivity index (χ1) is 19.7. The average molecular weight is 640 g/mol. The number of likely N-dealkylation sites (tertiary alicyclic amines) is 1. The number of fused-ring (bicyclic) bond motifs is 3. The first-order valence-corrected chi connectivity index (χ1v) is 13.7. The van der Waals surface area contributed by atoms with Crippen molar-refractivity contribution in [3.63, 3.8) is 0 Å². The third-order valence-corrected chi connectivity index (χ3v) is 7.50. The second-order valence-electron chi connectivity index (χ2n) is 9.55. The van der Waals surface area contributed by atoms with E-state index < -0.39 is 29.9 Å². The number of nitrogens with two attached hydrogens (primary N) is 1. The zero-order chi connectivity index (χ0) is 28.8. The van der Waals surface area contributed by atoms with Crippen molar-refractivity contribution in [3.8, 4) is 11.4 Å². The van der Waals surface area contributed by atoms with Gasteiger partial charge < -0.3 is 16.0 Å². The molecule has 0 bridgehead atoms. The highest BCUT2D eigenvalue weighted by atomic mass is 79.9. The normalized spacial score (nSPS) is 16.9.